The molecule has 0 aliphatic carbocycles. The molecule has 1 N–H and O–H groups in total. The van der Waals surface area contributed by atoms with Crippen molar-refractivity contribution in [2.24, 2.45) is 0 Å². The first-order chi connectivity index (χ1) is 8.33. The van der Waals surface area contributed by atoms with Crippen molar-refractivity contribution in [3.05, 3.63) is 34.3 Å². The Kier molecular flexibility index (Phi) is 5.01. The van der Waals surface area contributed by atoms with E-state index in [4.69, 9.17) is 0 Å². The second kappa shape index (κ2) is 6.53. The molecule has 1 aromatic carbocycles. The molecular formula is C14H21BrN2. The van der Waals surface area contributed by atoms with E-state index in [9.17, 15) is 0 Å². The molecule has 1 aliphatic rings. The van der Waals surface area contributed by atoms with Gasteiger partial charge in [-0.05, 0) is 18.1 Å². The first-order valence-corrected chi connectivity index (χ1v) is 7.31. The van der Waals surface area contributed by atoms with Gasteiger partial charge in [0.15, 0.2) is 0 Å². The molecule has 17 heavy (non-hydrogen) atoms. The zero-order chi connectivity index (χ0) is 12.1. The van der Waals surface area contributed by atoms with E-state index in [0.29, 0.717) is 6.04 Å². The minimum Gasteiger partial charge on any atom is -0.314 e. The zero-order valence-corrected chi connectivity index (χ0v) is 12.0. The summed E-state index contributed by atoms with van der Waals surface area (Å²) in [6, 6.07) is 9.21. The lowest BCUT2D eigenvalue weighted by Gasteiger charge is -2.35. The Morgan fingerprint density at radius 1 is 1.29 bits per heavy atom. The fraction of sp³-hybridized carbons (Fsp3) is 0.571. The van der Waals surface area contributed by atoms with Gasteiger partial charge in [0.2, 0.25) is 0 Å². The number of nitrogens with zero attached hydrogens (tertiary/aromatic N) is 1. The van der Waals surface area contributed by atoms with Crippen LogP contribution in [0, 0.1) is 0 Å². The number of halogens is 1. The summed E-state index contributed by atoms with van der Waals surface area (Å²) in [5, 5.41) is 3.42. The van der Waals surface area contributed by atoms with Gasteiger partial charge in [-0.15, -0.1) is 0 Å². The van der Waals surface area contributed by atoms with Gasteiger partial charge in [-0.3, -0.25) is 4.90 Å². The first kappa shape index (κ1) is 13.1. The normalized spacial score (nSPS) is 19.2. The van der Waals surface area contributed by atoms with Crippen molar-refractivity contribution >= 4 is 15.9 Å². The van der Waals surface area contributed by atoms with Crippen LogP contribution in [0.3, 0.4) is 0 Å². The van der Waals surface area contributed by atoms with Gasteiger partial charge in [0, 0.05) is 36.7 Å². The molecule has 94 valence electrons. The molecule has 2 nitrogen and oxygen atoms in total. The molecule has 1 aliphatic heterocycles. The molecule has 3 heteroatoms. The minimum absolute atomic E-state index is 0.567. The molecule has 0 unspecified atom stereocenters. The number of piperazine rings is 1. The number of benzene rings is 1. The van der Waals surface area contributed by atoms with Gasteiger partial charge in [0.1, 0.15) is 0 Å². The molecule has 0 bridgehead atoms. The molecule has 0 amide bonds. The highest BCUT2D eigenvalue weighted by atomic mass is 79.9. The monoisotopic (exact) mass is 296 g/mol. The molecule has 0 radical (unpaired) electrons. The van der Waals surface area contributed by atoms with Gasteiger partial charge < -0.3 is 5.32 Å². The Morgan fingerprint density at radius 3 is 2.65 bits per heavy atom. The van der Waals surface area contributed by atoms with Crippen LogP contribution < -0.4 is 5.32 Å². The molecule has 1 saturated heterocycles. The number of rotatable bonds is 4. The summed E-state index contributed by atoms with van der Waals surface area (Å²) in [5.74, 6) is 0. The van der Waals surface area contributed by atoms with Crippen LogP contribution >= 0.6 is 15.9 Å². The summed E-state index contributed by atoms with van der Waals surface area (Å²) in [4.78, 5) is 2.61. The van der Waals surface area contributed by atoms with Crippen LogP contribution in [-0.2, 0) is 0 Å². The second-order valence-corrected chi connectivity index (χ2v) is 5.47. The fourth-order valence-electron chi connectivity index (χ4n) is 2.55. The lowest BCUT2D eigenvalue weighted by Crippen LogP contribution is -2.45. The summed E-state index contributed by atoms with van der Waals surface area (Å²) >= 11 is 3.69. The zero-order valence-electron chi connectivity index (χ0n) is 10.5. The Bertz CT molecular complexity index is 348. The van der Waals surface area contributed by atoms with E-state index < -0.39 is 0 Å². The van der Waals surface area contributed by atoms with Crippen LogP contribution in [-0.4, -0.2) is 31.1 Å². The van der Waals surface area contributed by atoms with Crippen LogP contribution in [0.25, 0.3) is 0 Å². The Morgan fingerprint density at radius 2 is 2.00 bits per heavy atom. The molecule has 1 aromatic rings. The maximum absolute atomic E-state index is 3.69. The van der Waals surface area contributed by atoms with Crippen LogP contribution in [0.1, 0.15) is 31.4 Å². The van der Waals surface area contributed by atoms with Crippen molar-refractivity contribution in [2.45, 2.75) is 25.8 Å². The minimum atomic E-state index is 0.567. The molecule has 1 heterocycles. The van der Waals surface area contributed by atoms with Crippen molar-refractivity contribution in [1.29, 1.82) is 0 Å². The maximum Gasteiger partial charge on any atom is 0.0360 e. The van der Waals surface area contributed by atoms with Crippen molar-refractivity contribution < 1.29 is 0 Å². The van der Waals surface area contributed by atoms with E-state index in [2.05, 4.69) is 57.3 Å². The SMILES string of the molecule is CCC[C@H](c1ccccc1Br)N1CCNCC1. The Hall–Kier alpha value is -0.380. The van der Waals surface area contributed by atoms with Gasteiger partial charge in [-0.1, -0.05) is 47.5 Å². The van der Waals surface area contributed by atoms with Gasteiger partial charge in [0.25, 0.3) is 0 Å². The van der Waals surface area contributed by atoms with Gasteiger partial charge >= 0.3 is 0 Å². The highest BCUT2D eigenvalue weighted by Crippen LogP contribution is 2.31. The molecule has 1 fully saturated rings. The maximum atomic E-state index is 3.69. The van der Waals surface area contributed by atoms with Crippen LogP contribution in [0.4, 0.5) is 0 Å². The highest BCUT2D eigenvalue weighted by molar-refractivity contribution is 9.10. The van der Waals surface area contributed by atoms with Crippen LogP contribution in [0.5, 0.6) is 0 Å². The number of nitrogens with one attached hydrogen (secondary N) is 1. The smallest absolute Gasteiger partial charge is 0.0360 e. The summed E-state index contributed by atoms with van der Waals surface area (Å²) in [6.45, 7) is 6.82. The molecule has 2 rings (SSSR count). The Balaban J connectivity index is 2.18. The third-order valence-corrected chi connectivity index (χ3v) is 4.14. The standard InChI is InChI=1S/C14H21BrN2/c1-2-5-14(17-10-8-16-9-11-17)12-6-3-4-7-13(12)15/h3-4,6-7,14,16H,2,5,8-11H2,1H3/t14-/m1/s1. The summed E-state index contributed by atoms with van der Waals surface area (Å²) in [6.07, 6.45) is 2.47. The largest absolute Gasteiger partial charge is 0.314 e. The topological polar surface area (TPSA) is 15.3 Å². The molecule has 1 atom stereocenters. The predicted octanol–water partition coefficient (Wildman–Crippen LogP) is 3.20. The highest BCUT2D eigenvalue weighted by Gasteiger charge is 2.22. The summed E-state index contributed by atoms with van der Waals surface area (Å²) < 4.78 is 1.25. The average molecular weight is 297 g/mol. The average Bonchev–Trinajstić information content (AvgIpc) is 2.38. The summed E-state index contributed by atoms with van der Waals surface area (Å²) in [5.41, 5.74) is 1.44. The third-order valence-electron chi connectivity index (χ3n) is 3.42. The molecular weight excluding hydrogens is 276 g/mol. The van der Waals surface area contributed by atoms with Crippen LogP contribution in [0.15, 0.2) is 28.7 Å². The van der Waals surface area contributed by atoms with Crippen molar-refractivity contribution in [3.8, 4) is 0 Å². The van der Waals surface area contributed by atoms with E-state index in [0.717, 1.165) is 26.2 Å². The molecule has 0 aromatic heterocycles. The predicted molar refractivity (Wildman–Crippen MR) is 76.2 cm³/mol. The van der Waals surface area contributed by atoms with Crippen LogP contribution in [0.2, 0.25) is 0 Å². The third kappa shape index (κ3) is 3.30. The van der Waals surface area contributed by atoms with Gasteiger partial charge in [-0.25, -0.2) is 0 Å². The lowest BCUT2D eigenvalue weighted by atomic mass is 10.00. The number of hydrogen-bond donors (Lipinski definition) is 1. The van der Waals surface area contributed by atoms with Crippen molar-refractivity contribution in [1.82, 2.24) is 10.2 Å². The molecule has 0 spiro atoms. The van der Waals surface area contributed by atoms with E-state index in [1.54, 1.807) is 0 Å². The summed E-state index contributed by atoms with van der Waals surface area (Å²) in [7, 11) is 0. The Labute approximate surface area is 113 Å². The van der Waals surface area contributed by atoms with E-state index >= 15 is 0 Å². The number of hydrogen-bond acceptors (Lipinski definition) is 2. The van der Waals surface area contributed by atoms with Crippen molar-refractivity contribution in [3.63, 3.8) is 0 Å². The van der Waals surface area contributed by atoms with Gasteiger partial charge in [0.05, 0.1) is 0 Å². The van der Waals surface area contributed by atoms with Crippen molar-refractivity contribution in [2.75, 3.05) is 26.2 Å². The van der Waals surface area contributed by atoms with Gasteiger partial charge in [-0.2, -0.15) is 0 Å². The second-order valence-electron chi connectivity index (χ2n) is 4.61. The van der Waals surface area contributed by atoms with E-state index in [1.807, 2.05) is 0 Å². The van der Waals surface area contributed by atoms with E-state index in [-0.39, 0.29) is 0 Å². The fourth-order valence-corrected chi connectivity index (χ4v) is 3.10. The first-order valence-electron chi connectivity index (χ1n) is 6.52. The lowest BCUT2D eigenvalue weighted by molar-refractivity contribution is 0.164. The van der Waals surface area contributed by atoms with E-state index in [1.165, 1.54) is 22.9 Å². The quantitative estimate of drug-likeness (QED) is 0.918. The molecule has 0 saturated carbocycles.